The summed E-state index contributed by atoms with van der Waals surface area (Å²) < 4.78 is 13.6. The number of anilines is 1. The Morgan fingerprint density at radius 1 is 1.37 bits per heavy atom. The molecule has 6 heteroatoms. The van der Waals surface area contributed by atoms with Gasteiger partial charge in [-0.2, -0.15) is 0 Å². The first-order valence-corrected chi connectivity index (χ1v) is 5.89. The number of hydrogen-bond donors (Lipinski definition) is 2. The van der Waals surface area contributed by atoms with E-state index in [1.807, 2.05) is 0 Å². The molecular weight excluding hydrogens is 269 g/mol. The molecule has 1 heterocycles. The highest BCUT2D eigenvalue weighted by molar-refractivity contribution is 6.31. The van der Waals surface area contributed by atoms with E-state index < -0.39 is 11.7 Å². The van der Waals surface area contributed by atoms with Crippen LogP contribution in [0.2, 0.25) is 5.02 Å². The molecule has 3 N–H and O–H groups in total. The second-order valence-corrected chi connectivity index (χ2v) is 4.24. The molecule has 0 bridgehead atoms. The zero-order valence-corrected chi connectivity index (χ0v) is 10.6. The van der Waals surface area contributed by atoms with Crippen molar-refractivity contribution in [3.05, 3.63) is 58.5 Å². The van der Waals surface area contributed by atoms with Crippen molar-refractivity contribution >= 4 is 23.3 Å². The van der Waals surface area contributed by atoms with Crippen LogP contribution in [0.1, 0.15) is 15.9 Å². The highest BCUT2D eigenvalue weighted by atomic mass is 35.5. The Hall–Kier alpha value is -2.14. The molecule has 1 aromatic heterocycles. The van der Waals surface area contributed by atoms with Gasteiger partial charge in [0.1, 0.15) is 0 Å². The second kappa shape index (κ2) is 5.67. The van der Waals surface area contributed by atoms with E-state index in [1.165, 1.54) is 12.3 Å². The molecule has 2 aromatic rings. The maximum atomic E-state index is 13.6. The zero-order chi connectivity index (χ0) is 13.8. The quantitative estimate of drug-likeness (QED) is 0.906. The SMILES string of the molecule is Nc1nccc(C(=O)NCc2ccccc2Cl)c1F. The van der Waals surface area contributed by atoms with Crippen LogP contribution in [0.4, 0.5) is 10.2 Å². The highest BCUT2D eigenvalue weighted by Crippen LogP contribution is 2.15. The van der Waals surface area contributed by atoms with Gasteiger partial charge >= 0.3 is 0 Å². The number of carbonyl (C=O) groups excluding carboxylic acids is 1. The number of nitrogens with zero attached hydrogens (tertiary/aromatic N) is 1. The van der Waals surface area contributed by atoms with E-state index in [0.29, 0.717) is 5.02 Å². The van der Waals surface area contributed by atoms with Gasteiger partial charge in [-0.05, 0) is 17.7 Å². The molecule has 0 aliphatic carbocycles. The first-order valence-electron chi connectivity index (χ1n) is 5.51. The maximum Gasteiger partial charge on any atom is 0.254 e. The number of benzene rings is 1. The van der Waals surface area contributed by atoms with Crippen molar-refractivity contribution in [2.45, 2.75) is 6.54 Å². The summed E-state index contributed by atoms with van der Waals surface area (Å²) in [5, 5.41) is 3.12. The van der Waals surface area contributed by atoms with E-state index in [9.17, 15) is 9.18 Å². The number of aromatic nitrogens is 1. The number of carbonyl (C=O) groups is 1. The van der Waals surface area contributed by atoms with Crippen molar-refractivity contribution in [1.29, 1.82) is 0 Å². The van der Waals surface area contributed by atoms with Crippen molar-refractivity contribution in [1.82, 2.24) is 10.3 Å². The Bertz CT molecular complexity index is 619. The number of hydrogen-bond acceptors (Lipinski definition) is 3. The first kappa shape index (κ1) is 13.3. The van der Waals surface area contributed by atoms with E-state index in [-0.39, 0.29) is 17.9 Å². The minimum atomic E-state index is -0.820. The van der Waals surface area contributed by atoms with Gasteiger partial charge in [-0.1, -0.05) is 29.8 Å². The van der Waals surface area contributed by atoms with Crippen LogP contribution in [0.25, 0.3) is 0 Å². The highest BCUT2D eigenvalue weighted by Gasteiger charge is 2.14. The number of halogens is 2. The van der Waals surface area contributed by atoms with Gasteiger partial charge < -0.3 is 11.1 Å². The summed E-state index contributed by atoms with van der Waals surface area (Å²) in [5.41, 5.74) is 5.91. The summed E-state index contributed by atoms with van der Waals surface area (Å²) >= 11 is 5.95. The Morgan fingerprint density at radius 2 is 2.11 bits per heavy atom. The van der Waals surface area contributed by atoms with Gasteiger partial charge in [-0.15, -0.1) is 0 Å². The van der Waals surface area contributed by atoms with E-state index >= 15 is 0 Å². The van der Waals surface area contributed by atoms with Crippen LogP contribution in [0.3, 0.4) is 0 Å². The number of nitrogens with one attached hydrogen (secondary N) is 1. The lowest BCUT2D eigenvalue weighted by Crippen LogP contribution is -2.24. The van der Waals surface area contributed by atoms with Crippen molar-refractivity contribution in [2.75, 3.05) is 5.73 Å². The topological polar surface area (TPSA) is 68.0 Å². The molecule has 4 nitrogen and oxygen atoms in total. The lowest BCUT2D eigenvalue weighted by atomic mass is 10.2. The Morgan fingerprint density at radius 3 is 2.84 bits per heavy atom. The summed E-state index contributed by atoms with van der Waals surface area (Å²) in [5.74, 6) is -1.68. The summed E-state index contributed by atoms with van der Waals surface area (Å²) in [6.07, 6.45) is 1.28. The van der Waals surface area contributed by atoms with Crippen molar-refractivity contribution in [3.63, 3.8) is 0 Å². The van der Waals surface area contributed by atoms with Crippen LogP contribution in [0.15, 0.2) is 36.5 Å². The van der Waals surface area contributed by atoms with Gasteiger partial charge in [-0.3, -0.25) is 4.79 Å². The predicted molar refractivity (Wildman–Crippen MR) is 71.2 cm³/mol. The van der Waals surface area contributed by atoms with Gasteiger partial charge in [0.15, 0.2) is 11.6 Å². The molecule has 0 spiro atoms. The van der Waals surface area contributed by atoms with Crippen LogP contribution >= 0.6 is 11.6 Å². The third-order valence-electron chi connectivity index (χ3n) is 2.56. The second-order valence-electron chi connectivity index (χ2n) is 3.83. The molecular formula is C13H11ClFN3O. The fourth-order valence-corrected chi connectivity index (χ4v) is 1.75. The van der Waals surface area contributed by atoms with Crippen LogP contribution in [0, 0.1) is 5.82 Å². The molecule has 1 aromatic carbocycles. The molecule has 0 unspecified atom stereocenters. The summed E-state index contributed by atoms with van der Waals surface area (Å²) in [6, 6.07) is 8.36. The van der Waals surface area contributed by atoms with Crippen molar-refractivity contribution < 1.29 is 9.18 Å². The average molecular weight is 280 g/mol. The van der Waals surface area contributed by atoms with Crippen LogP contribution in [0.5, 0.6) is 0 Å². The molecule has 0 radical (unpaired) electrons. The van der Waals surface area contributed by atoms with Gasteiger partial charge in [0.05, 0.1) is 5.56 Å². The van der Waals surface area contributed by atoms with E-state index in [2.05, 4.69) is 10.3 Å². The van der Waals surface area contributed by atoms with Gasteiger partial charge in [0.25, 0.3) is 5.91 Å². The standard InChI is InChI=1S/C13H11ClFN3O/c14-10-4-2-1-3-8(10)7-18-13(19)9-5-6-17-12(16)11(9)15/h1-6H,7H2,(H2,16,17)(H,18,19). The summed E-state index contributed by atoms with van der Waals surface area (Å²) in [7, 11) is 0. The fraction of sp³-hybridized carbons (Fsp3) is 0.0769. The smallest absolute Gasteiger partial charge is 0.254 e. The molecule has 0 saturated heterocycles. The van der Waals surface area contributed by atoms with E-state index in [0.717, 1.165) is 5.56 Å². The minimum Gasteiger partial charge on any atom is -0.381 e. The molecule has 19 heavy (non-hydrogen) atoms. The normalized spacial score (nSPS) is 10.2. The van der Waals surface area contributed by atoms with Crippen LogP contribution < -0.4 is 11.1 Å². The summed E-state index contributed by atoms with van der Waals surface area (Å²) in [6.45, 7) is 0.209. The van der Waals surface area contributed by atoms with Gasteiger partial charge in [-0.25, -0.2) is 9.37 Å². The van der Waals surface area contributed by atoms with E-state index in [1.54, 1.807) is 24.3 Å². The summed E-state index contributed by atoms with van der Waals surface area (Å²) in [4.78, 5) is 15.4. The maximum absolute atomic E-state index is 13.6. The van der Waals surface area contributed by atoms with Crippen LogP contribution in [-0.2, 0) is 6.54 Å². The number of rotatable bonds is 3. The Labute approximate surface area is 114 Å². The number of nitrogen functional groups attached to an aromatic ring is 1. The third kappa shape index (κ3) is 3.00. The molecule has 0 aliphatic heterocycles. The molecule has 0 atom stereocenters. The van der Waals surface area contributed by atoms with Gasteiger partial charge in [0.2, 0.25) is 0 Å². The molecule has 98 valence electrons. The minimum absolute atomic E-state index is 0.139. The molecule has 0 saturated carbocycles. The lowest BCUT2D eigenvalue weighted by molar-refractivity contribution is 0.0947. The predicted octanol–water partition coefficient (Wildman–Crippen LogP) is 2.39. The van der Waals surface area contributed by atoms with Crippen LogP contribution in [-0.4, -0.2) is 10.9 Å². The third-order valence-corrected chi connectivity index (χ3v) is 2.93. The zero-order valence-electron chi connectivity index (χ0n) is 9.86. The average Bonchev–Trinajstić information content (AvgIpc) is 2.40. The monoisotopic (exact) mass is 279 g/mol. The fourth-order valence-electron chi connectivity index (χ4n) is 1.55. The molecule has 2 rings (SSSR count). The molecule has 1 amide bonds. The van der Waals surface area contributed by atoms with Crippen molar-refractivity contribution in [3.8, 4) is 0 Å². The largest absolute Gasteiger partial charge is 0.381 e. The van der Waals surface area contributed by atoms with Gasteiger partial charge in [0, 0.05) is 17.8 Å². The molecule has 0 aliphatic rings. The molecule has 0 fully saturated rings. The number of pyridine rings is 1. The lowest BCUT2D eigenvalue weighted by Gasteiger charge is -2.08. The van der Waals surface area contributed by atoms with Crippen molar-refractivity contribution in [2.24, 2.45) is 0 Å². The Balaban J connectivity index is 2.10. The number of nitrogens with two attached hydrogens (primary N) is 1. The number of amides is 1. The first-order chi connectivity index (χ1) is 9.09. The van der Waals surface area contributed by atoms with E-state index in [4.69, 9.17) is 17.3 Å². The Kier molecular flexibility index (Phi) is 3.97.